The average molecular weight is 735 g/mol. The van der Waals surface area contributed by atoms with Crippen LogP contribution in [0.2, 0.25) is 10.0 Å². The molecule has 0 spiro atoms. The fourth-order valence-corrected chi connectivity index (χ4v) is 8.04. The number of rotatable bonds is 14. The lowest BCUT2D eigenvalue weighted by atomic mass is 9.84. The van der Waals surface area contributed by atoms with Gasteiger partial charge in [0.1, 0.15) is 27.1 Å². The molecule has 1 N–H and O–H groups in total. The molecule has 2 aromatic heterocycles. The number of ether oxygens (including phenoxy) is 4. The fraction of sp³-hybridized carbons (Fsp3) is 0.528. The van der Waals surface area contributed by atoms with Gasteiger partial charge < -0.3 is 29.1 Å². The van der Waals surface area contributed by atoms with E-state index in [-0.39, 0.29) is 28.4 Å². The van der Waals surface area contributed by atoms with Crippen molar-refractivity contribution in [3.8, 4) is 11.5 Å². The van der Waals surface area contributed by atoms with Gasteiger partial charge in [0.15, 0.2) is 23.9 Å². The number of likely N-dealkylation sites (tertiary alicyclic amines) is 1. The number of nitrogens with one attached hydrogen (secondary N) is 1. The summed E-state index contributed by atoms with van der Waals surface area (Å²) in [5.74, 6) is 0.897. The van der Waals surface area contributed by atoms with E-state index in [1.54, 1.807) is 24.3 Å². The molecule has 2 atom stereocenters. The van der Waals surface area contributed by atoms with Gasteiger partial charge in [-0.15, -0.1) is 11.3 Å². The van der Waals surface area contributed by atoms with Crippen LogP contribution < -0.4 is 19.5 Å². The zero-order valence-electron chi connectivity index (χ0n) is 28.3. The predicted octanol–water partition coefficient (Wildman–Crippen LogP) is 6.77. The summed E-state index contributed by atoms with van der Waals surface area (Å²) in [6.07, 6.45) is 9.18. The van der Waals surface area contributed by atoms with Crippen LogP contribution in [0.5, 0.6) is 11.5 Å². The number of benzene rings is 1. The number of aromatic nitrogens is 1. The first-order valence-electron chi connectivity index (χ1n) is 16.8. The Bertz CT molecular complexity index is 1550. The van der Waals surface area contributed by atoms with Crippen LogP contribution in [0.25, 0.3) is 0 Å². The van der Waals surface area contributed by atoms with E-state index in [2.05, 4.69) is 17.3 Å². The van der Waals surface area contributed by atoms with Gasteiger partial charge in [0.2, 0.25) is 0 Å². The standard InChI is InChI=1S/C36H45Cl2N3O7S/c1-40-15-13-23(14-16-40)22-47-36(43)34(24-7-5-4-6-8-24)39-19-26-10-12-33(49-26)35(42)48-31(18-27-28(37)20-41(44)21-29(27)38)25-9-11-30(45-2)32(17-25)46-3/h9-12,17,20-21,23-24,31,34,39H,4-8,13-16,18-19,22H2,1-3H3. The van der Waals surface area contributed by atoms with E-state index in [9.17, 15) is 14.8 Å². The van der Waals surface area contributed by atoms with Crippen LogP contribution in [0.4, 0.5) is 0 Å². The maximum atomic E-state index is 13.6. The lowest BCUT2D eigenvalue weighted by Gasteiger charge is -2.31. The minimum Gasteiger partial charge on any atom is -0.619 e. The topological polar surface area (TPSA) is 113 Å². The molecule has 1 aromatic carbocycles. The van der Waals surface area contributed by atoms with Gasteiger partial charge in [0, 0.05) is 23.4 Å². The third kappa shape index (κ3) is 10.0. The van der Waals surface area contributed by atoms with E-state index < -0.39 is 18.1 Å². The molecule has 266 valence electrons. The predicted molar refractivity (Wildman–Crippen MR) is 190 cm³/mol. The van der Waals surface area contributed by atoms with Gasteiger partial charge in [-0.2, -0.15) is 4.73 Å². The number of piperidine rings is 1. The molecule has 1 saturated heterocycles. The second kappa shape index (κ2) is 17.7. The molecule has 13 heteroatoms. The molecule has 0 radical (unpaired) electrons. The summed E-state index contributed by atoms with van der Waals surface area (Å²) in [5, 5.41) is 15.7. The molecule has 49 heavy (non-hydrogen) atoms. The number of esters is 2. The van der Waals surface area contributed by atoms with Gasteiger partial charge in [-0.25, -0.2) is 4.79 Å². The van der Waals surface area contributed by atoms with E-state index >= 15 is 0 Å². The molecule has 1 saturated carbocycles. The van der Waals surface area contributed by atoms with Crippen molar-refractivity contribution in [1.29, 1.82) is 0 Å². The Labute approximate surface area is 302 Å². The first-order valence-corrected chi connectivity index (χ1v) is 18.4. The van der Waals surface area contributed by atoms with E-state index in [1.807, 2.05) is 6.07 Å². The summed E-state index contributed by atoms with van der Waals surface area (Å²) in [6, 6.07) is 8.44. The molecule has 1 aliphatic heterocycles. The number of hydrogen-bond acceptors (Lipinski definition) is 10. The van der Waals surface area contributed by atoms with Crippen molar-refractivity contribution in [1.82, 2.24) is 10.2 Å². The summed E-state index contributed by atoms with van der Waals surface area (Å²) in [5.41, 5.74) is 1.10. The third-order valence-electron chi connectivity index (χ3n) is 9.51. The highest BCUT2D eigenvalue weighted by Gasteiger charge is 2.32. The van der Waals surface area contributed by atoms with Gasteiger partial charge in [0.05, 0.1) is 20.8 Å². The van der Waals surface area contributed by atoms with Gasteiger partial charge in [0.25, 0.3) is 0 Å². The van der Waals surface area contributed by atoms with Crippen LogP contribution in [0.3, 0.4) is 0 Å². The first-order chi connectivity index (χ1) is 23.6. The van der Waals surface area contributed by atoms with Crippen LogP contribution in [0.1, 0.15) is 76.7 Å². The number of nitrogens with zero attached hydrogens (tertiary/aromatic N) is 2. The maximum absolute atomic E-state index is 13.6. The summed E-state index contributed by atoms with van der Waals surface area (Å²) < 4.78 is 23.4. The minimum absolute atomic E-state index is 0.113. The molecule has 5 rings (SSSR count). The number of thiophene rings is 1. The lowest BCUT2D eigenvalue weighted by Crippen LogP contribution is -2.45. The quantitative estimate of drug-likeness (QED) is 0.109. The number of halogens is 2. The molecule has 0 bridgehead atoms. The fourth-order valence-electron chi connectivity index (χ4n) is 6.60. The van der Waals surface area contributed by atoms with Gasteiger partial charge >= 0.3 is 11.9 Å². The van der Waals surface area contributed by atoms with Crippen LogP contribution >= 0.6 is 34.5 Å². The molecule has 2 aliphatic rings. The average Bonchev–Trinajstić information content (AvgIpc) is 3.58. The van der Waals surface area contributed by atoms with E-state index in [0.717, 1.165) is 56.5 Å². The van der Waals surface area contributed by atoms with Gasteiger partial charge in [-0.1, -0.05) is 48.5 Å². The molecule has 2 fully saturated rings. The molecule has 10 nitrogen and oxygen atoms in total. The Morgan fingerprint density at radius 2 is 1.69 bits per heavy atom. The Morgan fingerprint density at radius 1 is 1.00 bits per heavy atom. The van der Waals surface area contributed by atoms with Crippen LogP contribution in [0, 0.1) is 17.0 Å². The van der Waals surface area contributed by atoms with Crippen molar-refractivity contribution in [3.05, 3.63) is 78.9 Å². The molecule has 1 aliphatic carbocycles. The number of carbonyl (C=O) groups excluding carboxylic acids is 2. The Morgan fingerprint density at radius 3 is 2.37 bits per heavy atom. The first kappa shape index (κ1) is 37.2. The Hall–Kier alpha value is -3.09. The smallest absolute Gasteiger partial charge is 0.348 e. The highest BCUT2D eigenvalue weighted by atomic mass is 35.5. The number of methoxy groups -OCH3 is 2. The second-order valence-corrected chi connectivity index (χ2v) is 14.9. The highest BCUT2D eigenvalue weighted by molar-refractivity contribution is 7.13. The van der Waals surface area contributed by atoms with Crippen LogP contribution in [-0.4, -0.2) is 63.8 Å². The monoisotopic (exact) mass is 733 g/mol. The lowest BCUT2D eigenvalue weighted by molar-refractivity contribution is -0.605. The maximum Gasteiger partial charge on any atom is 0.348 e. The van der Waals surface area contributed by atoms with Gasteiger partial charge in [-0.3, -0.25) is 10.1 Å². The van der Waals surface area contributed by atoms with Crippen LogP contribution in [0.15, 0.2) is 42.7 Å². The Balaban J connectivity index is 1.28. The third-order valence-corrected chi connectivity index (χ3v) is 11.2. The van der Waals surface area contributed by atoms with E-state index in [1.165, 1.54) is 44.4 Å². The van der Waals surface area contributed by atoms with Crippen molar-refractivity contribution < 1.29 is 33.3 Å². The van der Waals surface area contributed by atoms with E-state index in [0.29, 0.717) is 51.3 Å². The zero-order valence-corrected chi connectivity index (χ0v) is 30.6. The molecular weight excluding hydrogens is 689 g/mol. The summed E-state index contributed by atoms with van der Waals surface area (Å²) in [4.78, 5) is 30.6. The summed E-state index contributed by atoms with van der Waals surface area (Å²) in [6.45, 7) is 2.94. The molecular formula is C36H45Cl2N3O7S. The SMILES string of the molecule is COc1ccc(C(Cc2c(Cl)c[n+]([O-])cc2Cl)OC(=O)c2ccc(CNC(C(=O)OCC3CCN(C)CC3)C3CCCCC3)s2)cc1OC. The second-order valence-electron chi connectivity index (χ2n) is 12.9. The van der Waals surface area contributed by atoms with E-state index in [4.69, 9.17) is 42.1 Å². The summed E-state index contributed by atoms with van der Waals surface area (Å²) >= 11 is 14.1. The van der Waals surface area contributed by atoms with Crippen molar-refractivity contribution in [3.63, 3.8) is 0 Å². The molecule has 3 aromatic rings. The van der Waals surface area contributed by atoms with Crippen molar-refractivity contribution in [2.45, 2.75) is 70.1 Å². The van der Waals surface area contributed by atoms with Crippen molar-refractivity contribution in [2.75, 3.05) is 41.0 Å². The largest absolute Gasteiger partial charge is 0.619 e. The Kier molecular flexibility index (Phi) is 13.4. The molecule has 2 unspecified atom stereocenters. The molecule has 3 heterocycles. The van der Waals surface area contributed by atoms with Gasteiger partial charge in [-0.05, 0) is 87.5 Å². The molecule has 0 amide bonds. The van der Waals surface area contributed by atoms with Crippen LogP contribution in [-0.2, 0) is 27.2 Å². The normalized spacial score (nSPS) is 17.3. The highest BCUT2D eigenvalue weighted by Crippen LogP contribution is 2.36. The number of carbonyl (C=O) groups is 2. The number of hydrogen-bond donors (Lipinski definition) is 1. The van der Waals surface area contributed by atoms with Crippen molar-refractivity contribution >= 4 is 46.5 Å². The minimum atomic E-state index is -0.816. The summed E-state index contributed by atoms with van der Waals surface area (Å²) in [7, 11) is 5.19. The number of pyridine rings is 1. The zero-order chi connectivity index (χ0) is 34.9. The van der Waals surface area contributed by atoms with Crippen molar-refractivity contribution in [2.24, 2.45) is 11.8 Å².